The Bertz CT molecular complexity index is 765. The van der Waals surface area contributed by atoms with Crippen molar-refractivity contribution in [3.8, 4) is 17.3 Å². The molecule has 0 amide bonds. The molecule has 2 heterocycles. The van der Waals surface area contributed by atoms with Crippen molar-refractivity contribution in [1.82, 2.24) is 19.7 Å². The van der Waals surface area contributed by atoms with Crippen molar-refractivity contribution in [1.29, 1.82) is 0 Å². The van der Waals surface area contributed by atoms with E-state index < -0.39 is 12.8 Å². The van der Waals surface area contributed by atoms with Gasteiger partial charge in [-0.2, -0.15) is 18.3 Å². The Hall–Kier alpha value is -2.45. The molecule has 6 nitrogen and oxygen atoms in total. The molecule has 0 aliphatic carbocycles. The smallest absolute Gasteiger partial charge is 0.422 e. The molecule has 9 heteroatoms. The predicted octanol–water partition coefficient (Wildman–Crippen LogP) is 3.08. The molecular weight excluding hydrogens is 337 g/mol. The summed E-state index contributed by atoms with van der Waals surface area (Å²) in [5, 5.41) is 4.26. The molecular formula is C16H19F3N4O2. The summed E-state index contributed by atoms with van der Waals surface area (Å²) in [6.45, 7) is 5.20. The van der Waals surface area contributed by atoms with E-state index in [0.29, 0.717) is 17.8 Å². The minimum Gasteiger partial charge on any atom is -0.454 e. The zero-order chi connectivity index (χ0) is 18.7. The first-order valence-electron chi connectivity index (χ1n) is 7.64. The van der Waals surface area contributed by atoms with Crippen LogP contribution in [0.4, 0.5) is 13.2 Å². The quantitative estimate of drug-likeness (QED) is 0.823. The van der Waals surface area contributed by atoms with Crippen LogP contribution in [0.15, 0.2) is 29.3 Å². The average molecular weight is 356 g/mol. The fourth-order valence-corrected chi connectivity index (χ4v) is 1.87. The molecule has 2 rings (SSSR count). The van der Waals surface area contributed by atoms with Gasteiger partial charge in [-0.25, -0.2) is 14.6 Å². The number of rotatable bonds is 5. The van der Waals surface area contributed by atoms with E-state index in [0.717, 1.165) is 6.42 Å². The Morgan fingerprint density at radius 2 is 1.76 bits per heavy atom. The number of hydrogen-bond donors (Lipinski definition) is 0. The second-order valence-corrected chi connectivity index (χ2v) is 6.75. The molecule has 0 radical (unpaired) electrons. The van der Waals surface area contributed by atoms with Crippen molar-refractivity contribution in [3.63, 3.8) is 0 Å². The number of nitrogens with zero attached hydrogens (tertiary/aromatic N) is 4. The van der Waals surface area contributed by atoms with Gasteiger partial charge in [0.25, 0.3) is 5.56 Å². The van der Waals surface area contributed by atoms with Crippen LogP contribution < -0.4 is 10.3 Å². The lowest BCUT2D eigenvalue weighted by molar-refractivity contribution is -0.154. The summed E-state index contributed by atoms with van der Waals surface area (Å²) in [5.41, 5.74) is 0.760. The molecule has 136 valence electrons. The van der Waals surface area contributed by atoms with Crippen LogP contribution in [0.25, 0.3) is 11.3 Å². The highest BCUT2D eigenvalue weighted by molar-refractivity contribution is 5.55. The maximum atomic E-state index is 12.1. The SMILES string of the molecule is CC(C)(C)CCn1nc(-c2cnc(OCC(F)(F)F)nc2)ccc1=O. The normalized spacial score (nSPS) is 12.2. The van der Waals surface area contributed by atoms with Crippen molar-refractivity contribution in [2.24, 2.45) is 5.41 Å². The molecule has 2 aromatic rings. The molecule has 0 spiro atoms. The molecule has 0 fully saturated rings. The number of ether oxygens (including phenoxy) is 1. The van der Waals surface area contributed by atoms with Crippen LogP contribution in [0.2, 0.25) is 0 Å². The molecule has 0 N–H and O–H groups in total. The van der Waals surface area contributed by atoms with E-state index in [9.17, 15) is 18.0 Å². The van der Waals surface area contributed by atoms with Crippen molar-refractivity contribution in [2.75, 3.05) is 6.61 Å². The highest BCUT2D eigenvalue weighted by atomic mass is 19.4. The van der Waals surface area contributed by atoms with Crippen LogP contribution in [0.3, 0.4) is 0 Å². The van der Waals surface area contributed by atoms with Crippen LogP contribution in [-0.2, 0) is 6.54 Å². The molecule has 0 aliphatic rings. The van der Waals surface area contributed by atoms with Gasteiger partial charge in [0.15, 0.2) is 6.61 Å². The number of alkyl halides is 3. The molecule has 2 aromatic heterocycles. The molecule has 0 aromatic carbocycles. The lowest BCUT2D eigenvalue weighted by Gasteiger charge is -2.18. The average Bonchev–Trinajstić information content (AvgIpc) is 2.51. The van der Waals surface area contributed by atoms with Crippen LogP contribution >= 0.6 is 0 Å². The van der Waals surface area contributed by atoms with Crippen LogP contribution in [-0.4, -0.2) is 32.5 Å². The van der Waals surface area contributed by atoms with Crippen LogP contribution in [0.5, 0.6) is 6.01 Å². The monoisotopic (exact) mass is 356 g/mol. The Labute approximate surface area is 142 Å². The maximum Gasteiger partial charge on any atom is 0.422 e. The summed E-state index contributed by atoms with van der Waals surface area (Å²) in [4.78, 5) is 19.4. The van der Waals surface area contributed by atoms with E-state index in [4.69, 9.17) is 0 Å². The van der Waals surface area contributed by atoms with Crippen molar-refractivity contribution >= 4 is 0 Å². The van der Waals surface area contributed by atoms with E-state index in [1.165, 1.54) is 29.2 Å². The van der Waals surface area contributed by atoms with E-state index in [2.05, 4.69) is 40.6 Å². The number of halogens is 3. The van der Waals surface area contributed by atoms with E-state index in [1.807, 2.05) is 0 Å². The summed E-state index contributed by atoms with van der Waals surface area (Å²) >= 11 is 0. The number of hydrogen-bond acceptors (Lipinski definition) is 5. The summed E-state index contributed by atoms with van der Waals surface area (Å²) in [5.74, 6) is 0. The van der Waals surface area contributed by atoms with Crippen LogP contribution in [0.1, 0.15) is 27.2 Å². The van der Waals surface area contributed by atoms with Gasteiger partial charge in [-0.1, -0.05) is 20.8 Å². The van der Waals surface area contributed by atoms with Gasteiger partial charge < -0.3 is 4.74 Å². The van der Waals surface area contributed by atoms with Gasteiger partial charge >= 0.3 is 12.2 Å². The molecule has 0 aliphatic heterocycles. The number of aromatic nitrogens is 4. The van der Waals surface area contributed by atoms with Crippen molar-refractivity contribution < 1.29 is 17.9 Å². The second kappa shape index (κ2) is 7.20. The van der Waals surface area contributed by atoms with E-state index in [-0.39, 0.29) is 17.0 Å². The highest BCUT2D eigenvalue weighted by Crippen LogP contribution is 2.20. The largest absolute Gasteiger partial charge is 0.454 e. The fourth-order valence-electron chi connectivity index (χ4n) is 1.87. The van der Waals surface area contributed by atoms with Gasteiger partial charge in [-0.05, 0) is 17.9 Å². The molecule has 0 saturated carbocycles. The Morgan fingerprint density at radius 1 is 1.12 bits per heavy atom. The Morgan fingerprint density at radius 3 is 2.32 bits per heavy atom. The van der Waals surface area contributed by atoms with Crippen molar-refractivity contribution in [3.05, 3.63) is 34.9 Å². The molecule has 25 heavy (non-hydrogen) atoms. The van der Waals surface area contributed by atoms with Crippen molar-refractivity contribution in [2.45, 2.75) is 39.9 Å². The third-order valence-electron chi connectivity index (χ3n) is 3.23. The van der Waals surface area contributed by atoms with Crippen LogP contribution in [0, 0.1) is 5.41 Å². The lowest BCUT2D eigenvalue weighted by atomic mass is 9.92. The molecule has 0 atom stereocenters. The lowest BCUT2D eigenvalue weighted by Crippen LogP contribution is -2.24. The Balaban J connectivity index is 2.14. The second-order valence-electron chi connectivity index (χ2n) is 6.75. The van der Waals surface area contributed by atoms with Gasteiger partial charge in [0.05, 0.1) is 5.69 Å². The third kappa shape index (κ3) is 6.17. The topological polar surface area (TPSA) is 69.9 Å². The Kier molecular flexibility index (Phi) is 5.44. The van der Waals surface area contributed by atoms with E-state index >= 15 is 0 Å². The first kappa shape index (κ1) is 18.9. The summed E-state index contributed by atoms with van der Waals surface area (Å²) in [6.07, 6.45) is -1.07. The fraction of sp³-hybridized carbons (Fsp3) is 0.500. The van der Waals surface area contributed by atoms with Gasteiger partial charge in [0.1, 0.15) is 0 Å². The minimum atomic E-state index is -4.45. The van der Waals surface area contributed by atoms with E-state index in [1.54, 1.807) is 0 Å². The standard InChI is InChI=1S/C16H19F3N4O2/c1-15(2,3)6-7-23-13(24)5-4-12(22-23)11-8-20-14(21-9-11)25-10-16(17,18)19/h4-5,8-9H,6-7,10H2,1-3H3. The van der Waals surface area contributed by atoms with Gasteiger partial charge in [0, 0.05) is 30.6 Å². The highest BCUT2D eigenvalue weighted by Gasteiger charge is 2.28. The third-order valence-corrected chi connectivity index (χ3v) is 3.23. The molecule has 0 saturated heterocycles. The zero-order valence-electron chi connectivity index (χ0n) is 14.2. The summed E-state index contributed by atoms with van der Waals surface area (Å²) < 4.78 is 42.1. The van der Waals surface area contributed by atoms with Gasteiger partial charge in [-0.15, -0.1) is 0 Å². The molecule has 0 unspecified atom stereocenters. The predicted molar refractivity (Wildman–Crippen MR) is 85.1 cm³/mol. The summed E-state index contributed by atoms with van der Waals surface area (Å²) in [6, 6.07) is 2.53. The first-order chi connectivity index (χ1) is 11.5. The maximum absolute atomic E-state index is 12.1. The minimum absolute atomic E-state index is 0.0533. The van der Waals surface area contributed by atoms with Gasteiger partial charge in [0.2, 0.25) is 0 Å². The first-order valence-corrected chi connectivity index (χ1v) is 7.64. The number of aryl methyl sites for hydroxylation is 1. The zero-order valence-corrected chi connectivity index (χ0v) is 14.2. The summed E-state index contributed by atoms with van der Waals surface area (Å²) in [7, 11) is 0. The molecule has 0 bridgehead atoms. The van der Waals surface area contributed by atoms with Gasteiger partial charge in [-0.3, -0.25) is 4.79 Å².